The molecule has 0 aliphatic carbocycles. The summed E-state index contributed by atoms with van der Waals surface area (Å²) in [5.74, 6) is -0.105. The Bertz CT molecular complexity index is 173. The summed E-state index contributed by atoms with van der Waals surface area (Å²) in [6.45, 7) is 0.492. The monoisotopic (exact) mass is 175 g/mol. The molecule has 1 fully saturated rings. The van der Waals surface area contributed by atoms with E-state index < -0.39 is 12.2 Å². The minimum Gasteiger partial charge on any atom is -0.465 e. The van der Waals surface area contributed by atoms with Crippen LogP contribution in [0.2, 0.25) is 0 Å². The van der Waals surface area contributed by atoms with E-state index in [1.165, 1.54) is 4.90 Å². The van der Waals surface area contributed by atoms with Crippen LogP contribution in [0.4, 0.5) is 4.79 Å². The van der Waals surface area contributed by atoms with Gasteiger partial charge in [-0.3, -0.25) is 0 Å². The van der Waals surface area contributed by atoms with E-state index in [0.29, 0.717) is 19.5 Å². The summed E-state index contributed by atoms with van der Waals surface area (Å²) >= 11 is 0. The van der Waals surface area contributed by atoms with E-state index >= 15 is 0 Å². The Hall–Kier alpha value is -0.810. The van der Waals surface area contributed by atoms with Gasteiger partial charge in [0.15, 0.2) is 0 Å². The number of likely N-dealkylation sites (tertiary alicyclic amines) is 1. The summed E-state index contributed by atoms with van der Waals surface area (Å²) in [6.07, 6.45) is -1.11. The number of carboxylic acid groups (broad SMARTS) is 1. The molecule has 0 aromatic rings. The Kier molecular flexibility index (Phi) is 2.88. The van der Waals surface area contributed by atoms with Crippen molar-refractivity contribution in [2.75, 3.05) is 19.7 Å². The molecule has 5 heteroatoms. The van der Waals surface area contributed by atoms with Crippen LogP contribution in [0.15, 0.2) is 0 Å². The molecule has 1 aliphatic heterocycles. The number of nitrogens with zero attached hydrogens (tertiary/aromatic N) is 1. The SMILES string of the molecule is O=C(O)N1CCC([C@H](O)CO)C1. The molecule has 2 atom stereocenters. The van der Waals surface area contributed by atoms with Crippen molar-refractivity contribution in [3.63, 3.8) is 0 Å². The summed E-state index contributed by atoms with van der Waals surface area (Å²) < 4.78 is 0. The molecule has 1 unspecified atom stereocenters. The van der Waals surface area contributed by atoms with Gasteiger partial charge in [0.25, 0.3) is 0 Å². The zero-order valence-corrected chi connectivity index (χ0v) is 6.68. The highest BCUT2D eigenvalue weighted by molar-refractivity contribution is 5.65. The predicted octanol–water partition coefficient (Wildman–Crippen LogP) is -0.660. The Morgan fingerprint density at radius 3 is 2.75 bits per heavy atom. The highest BCUT2D eigenvalue weighted by atomic mass is 16.4. The molecule has 12 heavy (non-hydrogen) atoms. The second-order valence-electron chi connectivity index (χ2n) is 3.03. The third-order valence-corrected chi connectivity index (χ3v) is 2.23. The van der Waals surface area contributed by atoms with Crippen LogP contribution >= 0.6 is 0 Å². The summed E-state index contributed by atoms with van der Waals surface area (Å²) in [6, 6.07) is 0. The number of rotatable bonds is 2. The maximum Gasteiger partial charge on any atom is 0.407 e. The first-order valence-corrected chi connectivity index (χ1v) is 3.92. The number of carbonyl (C=O) groups is 1. The number of aliphatic hydroxyl groups is 2. The Balaban J connectivity index is 2.40. The average molecular weight is 175 g/mol. The number of hydrogen-bond donors (Lipinski definition) is 3. The predicted molar refractivity (Wildman–Crippen MR) is 40.8 cm³/mol. The van der Waals surface area contributed by atoms with Gasteiger partial charge in [0, 0.05) is 19.0 Å². The molecule has 1 heterocycles. The molecule has 1 rings (SSSR count). The molecule has 0 radical (unpaired) electrons. The molecule has 1 amide bonds. The van der Waals surface area contributed by atoms with Gasteiger partial charge in [0.2, 0.25) is 0 Å². The molecule has 1 saturated heterocycles. The zero-order valence-electron chi connectivity index (χ0n) is 6.68. The van der Waals surface area contributed by atoms with E-state index in [1.54, 1.807) is 0 Å². The Morgan fingerprint density at radius 1 is 1.67 bits per heavy atom. The van der Waals surface area contributed by atoms with Crippen molar-refractivity contribution in [3.05, 3.63) is 0 Å². The Labute approximate surface area is 70.2 Å². The smallest absolute Gasteiger partial charge is 0.407 e. The van der Waals surface area contributed by atoms with Gasteiger partial charge < -0.3 is 20.2 Å². The van der Waals surface area contributed by atoms with E-state index in [9.17, 15) is 9.90 Å². The minimum atomic E-state index is -0.956. The first-order chi connectivity index (χ1) is 5.65. The van der Waals surface area contributed by atoms with Crippen molar-refractivity contribution in [2.24, 2.45) is 5.92 Å². The lowest BCUT2D eigenvalue weighted by Gasteiger charge is -2.15. The largest absolute Gasteiger partial charge is 0.465 e. The third kappa shape index (κ3) is 1.86. The summed E-state index contributed by atoms with van der Waals surface area (Å²) in [4.78, 5) is 11.7. The fourth-order valence-electron chi connectivity index (χ4n) is 1.42. The molecule has 0 spiro atoms. The fourth-order valence-corrected chi connectivity index (χ4v) is 1.42. The van der Waals surface area contributed by atoms with Crippen LogP contribution in [0.1, 0.15) is 6.42 Å². The van der Waals surface area contributed by atoms with Crippen LogP contribution in [0.5, 0.6) is 0 Å². The van der Waals surface area contributed by atoms with Gasteiger partial charge in [-0.1, -0.05) is 0 Å². The second-order valence-corrected chi connectivity index (χ2v) is 3.03. The van der Waals surface area contributed by atoms with Crippen LogP contribution in [0.3, 0.4) is 0 Å². The van der Waals surface area contributed by atoms with Gasteiger partial charge in [-0.2, -0.15) is 0 Å². The van der Waals surface area contributed by atoms with Gasteiger partial charge >= 0.3 is 6.09 Å². The maximum atomic E-state index is 10.4. The number of hydrogen-bond acceptors (Lipinski definition) is 3. The molecule has 3 N–H and O–H groups in total. The van der Waals surface area contributed by atoms with Crippen molar-refractivity contribution in [1.82, 2.24) is 4.90 Å². The molecular formula is C7H13NO4. The quantitative estimate of drug-likeness (QED) is 0.520. The average Bonchev–Trinajstić information content (AvgIpc) is 2.51. The first kappa shape index (κ1) is 9.28. The van der Waals surface area contributed by atoms with Crippen molar-refractivity contribution in [2.45, 2.75) is 12.5 Å². The van der Waals surface area contributed by atoms with Gasteiger partial charge in [-0.25, -0.2) is 4.79 Å². The third-order valence-electron chi connectivity index (χ3n) is 2.23. The van der Waals surface area contributed by atoms with Gasteiger partial charge in [-0.15, -0.1) is 0 Å². The van der Waals surface area contributed by atoms with E-state index in [4.69, 9.17) is 10.2 Å². The van der Waals surface area contributed by atoms with Crippen LogP contribution in [-0.4, -0.2) is 52.1 Å². The lowest BCUT2D eigenvalue weighted by molar-refractivity contribution is 0.0499. The Morgan fingerprint density at radius 2 is 2.33 bits per heavy atom. The van der Waals surface area contributed by atoms with Crippen LogP contribution in [-0.2, 0) is 0 Å². The number of aliphatic hydroxyl groups excluding tert-OH is 2. The first-order valence-electron chi connectivity index (χ1n) is 3.92. The van der Waals surface area contributed by atoms with Crippen LogP contribution in [0.25, 0.3) is 0 Å². The molecule has 1 aliphatic rings. The van der Waals surface area contributed by atoms with E-state index in [1.807, 2.05) is 0 Å². The highest BCUT2D eigenvalue weighted by Crippen LogP contribution is 2.19. The zero-order chi connectivity index (χ0) is 9.14. The van der Waals surface area contributed by atoms with Crippen LogP contribution in [0, 0.1) is 5.92 Å². The maximum absolute atomic E-state index is 10.4. The van der Waals surface area contributed by atoms with Crippen molar-refractivity contribution >= 4 is 6.09 Å². The molecule has 0 aromatic heterocycles. The molecule has 0 saturated carbocycles. The lowest BCUT2D eigenvalue weighted by Crippen LogP contribution is -2.30. The second kappa shape index (κ2) is 3.73. The summed E-state index contributed by atoms with van der Waals surface area (Å²) in [5, 5.41) is 26.4. The lowest BCUT2D eigenvalue weighted by atomic mass is 10.0. The van der Waals surface area contributed by atoms with E-state index in [2.05, 4.69) is 0 Å². The van der Waals surface area contributed by atoms with Crippen LogP contribution < -0.4 is 0 Å². The summed E-state index contributed by atoms with van der Waals surface area (Å²) in [5.41, 5.74) is 0. The molecule has 0 bridgehead atoms. The molecular weight excluding hydrogens is 162 g/mol. The van der Waals surface area contributed by atoms with Gasteiger partial charge in [-0.05, 0) is 6.42 Å². The molecule has 0 aromatic carbocycles. The minimum absolute atomic E-state index is 0.105. The summed E-state index contributed by atoms with van der Waals surface area (Å²) in [7, 11) is 0. The van der Waals surface area contributed by atoms with Gasteiger partial charge in [0.05, 0.1) is 12.7 Å². The van der Waals surface area contributed by atoms with Crippen molar-refractivity contribution in [3.8, 4) is 0 Å². The molecule has 70 valence electrons. The van der Waals surface area contributed by atoms with Gasteiger partial charge in [0.1, 0.15) is 0 Å². The number of amides is 1. The normalized spacial score (nSPS) is 25.8. The van der Waals surface area contributed by atoms with E-state index in [-0.39, 0.29) is 12.5 Å². The molecule has 5 nitrogen and oxygen atoms in total. The van der Waals surface area contributed by atoms with Crippen molar-refractivity contribution in [1.29, 1.82) is 0 Å². The van der Waals surface area contributed by atoms with E-state index in [0.717, 1.165) is 0 Å². The highest BCUT2D eigenvalue weighted by Gasteiger charge is 2.30. The fraction of sp³-hybridized carbons (Fsp3) is 0.857. The topological polar surface area (TPSA) is 81.0 Å². The van der Waals surface area contributed by atoms with Crippen molar-refractivity contribution < 1.29 is 20.1 Å². The standard InChI is InChI=1S/C7H13NO4/c9-4-6(10)5-1-2-8(3-5)7(11)12/h5-6,9-10H,1-4H2,(H,11,12)/t5?,6-/m1/s1.